The lowest BCUT2D eigenvalue weighted by Crippen LogP contribution is -2.26. The Kier molecular flexibility index (Phi) is 5.25. The molecule has 0 bridgehead atoms. The normalized spacial score (nSPS) is 14.5. The van der Waals surface area contributed by atoms with E-state index in [1.807, 2.05) is 45.9 Å². The van der Waals surface area contributed by atoms with Crippen LogP contribution in [0.1, 0.15) is 33.3 Å². The van der Waals surface area contributed by atoms with Crippen molar-refractivity contribution in [2.45, 2.75) is 32.4 Å². The molecule has 1 unspecified atom stereocenters. The zero-order valence-corrected chi connectivity index (χ0v) is 13.7. The van der Waals surface area contributed by atoms with Crippen LogP contribution in [0.2, 0.25) is 0 Å². The van der Waals surface area contributed by atoms with E-state index >= 15 is 0 Å². The number of nitrogens with zero attached hydrogens (tertiary/aromatic N) is 1. The van der Waals surface area contributed by atoms with E-state index in [2.05, 4.69) is 20.3 Å². The van der Waals surface area contributed by atoms with Crippen molar-refractivity contribution in [1.82, 2.24) is 0 Å². The lowest BCUT2D eigenvalue weighted by atomic mass is 10.1. The Bertz CT molecular complexity index is 455. The summed E-state index contributed by atoms with van der Waals surface area (Å²) in [7, 11) is 1.61. The standard InChI is InChI=1S/C13H18BrNO2S/c1-9(15-18(16)13(2,3)4)10-6-7-11(14)12(8-10)17-5/h6-8H,1-5H3/b15-9-. The van der Waals surface area contributed by atoms with Gasteiger partial charge in [-0.15, -0.1) is 0 Å². The quantitative estimate of drug-likeness (QED) is 0.625. The predicted octanol–water partition coefficient (Wildman–Crippen LogP) is 3.73. The summed E-state index contributed by atoms with van der Waals surface area (Å²) in [5.74, 6) is 0.739. The first-order valence-electron chi connectivity index (χ1n) is 5.57. The van der Waals surface area contributed by atoms with Gasteiger partial charge in [-0.05, 0) is 55.8 Å². The van der Waals surface area contributed by atoms with E-state index in [-0.39, 0.29) is 4.75 Å². The molecule has 1 atom stereocenters. The molecule has 0 N–H and O–H groups in total. The number of hydrogen-bond donors (Lipinski definition) is 0. The van der Waals surface area contributed by atoms with E-state index in [4.69, 9.17) is 4.74 Å². The van der Waals surface area contributed by atoms with Gasteiger partial charge in [-0.25, -0.2) is 0 Å². The van der Waals surface area contributed by atoms with Crippen molar-refractivity contribution in [1.29, 1.82) is 0 Å². The van der Waals surface area contributed by atoms with Crippen molar-refractivity contribution < 1.29 is 9.29 Å². The van der Waals surface area contributed by atoms with Crippen molar-refractivity contribution in [2.24, 2.45) is 4.40 Å². The molecular weight excluding hydrogens is 314 g/mol. The van der Waals surface area contributed by atoms with Crippen LogP contribution in [-0.2, 0) is 11.4 Å². The molecule has 1 aromatic rings. The van der Waals surface area contributed by atoms with Gasteiger partial charge in [0.2, 0.25) is 0 Å². The number of hydrogen-bond acceptors (Lipinski definition) is 3. The number of halogens is 1. The minimum absolute atomic E-state index is 0.347. The largest absolute Gasteiger partial charge is 0.591 e. The summed E-state index contributed by atoms with van der Waals surface area (Å²) < 4.78 is 22.0. The molecule has 0 aliphatic carbocycles. The van der Waals surface area contributed by atoms with Crippen molar-refractivity contribution >= 4 is 33.0 Å². The monoisotopic (exact) mass is 331 g/mol. The van der Waals surface area contributed by atoms with E-state index in [0.717, 1.165) is 21.5 Å². The highest BCUT2D eigenvalue weighted by molar-refractivity contribution is 9.10. The van der Waals surface area contributed by atoms with Crippen LogP contribution in [0, 0.1) is 0 Å². The molecule has 18 heavy (non-hydrogen) atoms. The molecule has 0 saturated heterocycles. The first-order chi connectivity index (χ1) is 8.25. The zero-order chi connectivity index (χ0) is 13.9. The van der Waals surface area contributed by atoms with Crippen LogP contribution in [0.3, 0.4) is 0 Å². The molecule has 5 heteroatoms. The lowest BCUT2D eigenvalue weighted by Gasteiger charge is -2.18. The molecular formula is C13H18BrNO2S. The Morgan fingerprint density at radius 1 is 1.39 bits per heavy atom. The maximum atomic E-state index is 12.0. The van der Waals surface area contributed by atoms with Gasteiger partial charge in [0.15, 0.2) is 0 Å². The van der Waals surface area contributed by atoms with Crippen LogP contribution in [-0.4, -0.2) is 22.1 Å². The number of methoxy groups -OCH3 is 1. The highest BCUT2D eigenvalue weighted by Gasteiger charge is 2.26. The summed E-state index contributed by atoms with van der Waals surface area (Å²) >= 11 is 2.15. The molecule has 0 aromatic heterocycles. The number of benzene rings is 1. The van der Waals surface area contributed by atoms with Gasteiger partial charge >= 0.3 is 0 Å². The molecule has 0 aliphatic rings. The average molecular weight is 332 g/mol. The lowest BCUT2D eigenvalue weighted by molar-refractivity contribution is 0.412. The van der Waals surface area contributed by atoms with E-state index in [1.54, 1.807) is 7.11 Å². The summed E-state index contributed by atoms with van der Waals surface area (Å²) in [6.07, 6.45) is 0. The van der Waals surface area contributed by atoms with Gasteiger partial charge in [-0.3, -0.25) is 0 Å². The fourth-order valence-electron chi connectivity index (χ4n) is 1.20. The van der Waals surface area contributed by atoms with Crippen molar-refractivity contribution in [3.8, 4) is 5.75 Å². The molecule has 0 heterocycles. The van der Waals surface area contributed by atoms with Gasteiger partial charge in [-0.1, -0.05) is 10.5 Å². The average Bonchev–Trinajstić information content (AvgIpc) is 2.28. The van der Waals surface area contributed by atoms with Gasteiger partial charge in [0, 0.05) is 5.56 Å². The van der Waals surface area contributed by atoms with Gasteiger partial charge in [0.25, 0.3) is 0 Å². The predicted molar refractivity (Wildman–Crippen MR) is 80.8 cm³/mol. The fourth-order valence-corrected chi connectivity index (χ4v) is 2.24. The van der Waals surface area contributed by atoms with Crippen LogP contribution < -0.4 is 4.74 Å². The molecule has 0 fully saturated rings. The van der Waals surface area contributed by atoms with E-state index in [9.17, 15) is 4.55 Å². The smallest absolute Gasteiger partial charge is 0.144 e. The Labute approximate surface area is 120 Å². The number of rotatable bonds is 3. The summed E-state index contributed by atoms with van der Waals surface area (Å²) in [6, 6.07) is 5.70. The number of ether oxygens (including phenoxy) is 1. The van der Waals surface area contributed by atoms with Crippen LogP contribution in [0.25, 0.3) is 0 Å². The first kappa shape index (κ1) is 15.5. The van der Waals surface area contributed by atoms with Gasteiger partial charge in [-0.2, -0.15) is 0 Å². The Hall–Kier alpha value is -0.520. The highest BCUT2D eigenvalue weighted by Crippen LogP contribution is 2.26. The van der Waals surface area contributed by atoms with Gasteiger partial charge in [0.05, 0.1) is 17.3 Å². The second kappa shape index (κ2) is 6.08. The van der Waals surface area contributed by atoms with Gasteiger partial charge < -0.3 is 9.29 Å². The molecule has 1 rings (SSSR count). The molecule has 3 nitrogen and oxygen atoms in total. The maximum absolute atomic E-state index is 12.0. The SMILES string of the molecule is COc1cc(/C(C)=N\[S+]([O-])C(C)(C)C)ccc1Br. The summed E-state index contributed by atoms with van der Waals surface area (Å²) in [4.78, 5) is 0. The van der Waals surface area contributed by atoms with Crippen LogP contribution in [0.5, 0.6) is 5.75 Å². The topological polar surface area (TPSA) is 44.6 Å². The van der Waals surface area contributed by atoms with Crippen molar-refractivity contribution in [3.05, 3.63) is 28.2 Å². The van der Waals surface area contributed by atoms with Crippen LogP contribution >= 0.6 is 15.9 Å². The molecule has 0 radical (unpaired) electrons. The molecule has 0 saturated carbocycles. The molecule has 0 amide bonds. The minimum atomic E-state index is -1.25. The molecule has 1 aromatic carbocycles. The fraction of sp³-hybridized carbons (Fsp3) is 0.462. The van der Waals surface area contributed by atoms with Gasteiger partial charge in [0.1, 0.15) is 21.9 Å². The third kappa shape index (κ3) is 4.00. The summed E-state index contributed by atoms with van der Waals surface area (Å²) in [5.41, 5.74) is 1.65. The highest BCUT2D eigenvalue weighted by atomic mass is 79.9. The molecule has 0 aliphatic heterocycles. The maximum Gasteiger partial charge on any atom is 0.144 e. The third-order valence-corrected chi connectivity index (χ3v) is 4.46. The third-order valence-electron chi connectivity index (χ3n) is 2.31. The van der Waals surface area contributed by atoms with Crippen LogP contribution in [0.4, 0.5) is 0 Å². The molecule has 100 valence electrons. The Balaban J connectivity index is 3.04. The second-order valence-electron chi connectivity index (χ2n) is 4.89. The summed E-state index contributed by atoms with van der Waals surface area (Å²) in [5, 5.41) is 0. The second-order valence-corrected chi connectivity index (χ2v) is 7.65. The Morgan fingerprint density at radius 2 is 2.00 bits per heavy atom. The van der Waals surface area contributed by atoms with Crippen molar-refractivity contribution in [3.63, 3.8) is 0 Å². The Morgan fingerprint density at radius 3 is 2.50 bits per heavy atom. The molecule has 0 spiro atoms. The van der Waals surface area contributed by atoms with Crippen molar-refractivity contribution in [2.75, 3.05) is 7.11 Å². The van der Waals surface area contributed by atoms with E-state index in [0.29, 0.717) is 0 Å². The minimum Gasteiger partial charge on any atom is -0.591 e. The first-order valence-corrected chi connectivity index (χ1v) is 7.47. The summed E-state index contributed by atoms with van der Waals surface area (Å²) in [6.45, 7) is 7.57. The van der Waals surface area contributed by atoms with E-state index < -0.39 is 11.4 Å². The van der Waals surface area contributed by atoms with E-state index in [1.165, 1.54) is 0 Å². The van der Waals surface area contributed by atoms with Crippen LogP contribution in [0.15, 0.2) is 27.1 Å². The zero-order valence-electron chi connectivity index (χ0n) is 11.3.